The number of nitrogens with zero attached hydrogens (tertiary/aromatic N) is 3. The van der Waals surface area contributed by atoms with Gasteiger partial charge in [-0.3, -0.25) is 4.68 Å². The molecule has 0 aromatic carbocycles. The molecule has 98 valence electrons. The van der Waals surface area contributed by atoms with Crippen LogP contribution in [0.5, 0.6) is 0 Å². The first-order valence-electron chi connectivity index (χ1n) is 6.39. The van der Waals surface area contributed by atoms with E-state index in [1.807, 2.05) is 11.7 Å². The van der Waals surface area contributed by atoms with E-state index in [1.165, 1.54) is 11.4 Å². The molecular formula is C13H26N4. The average molecular weight is 238 g/mol. The molecule has 0 amide bonds. The van der Waals surface area contributed by atoms with Crippen molar-refractivity contribution in [3.63, 3.8) is 0 Å². The lowest BCUT2D eigenvalue weighted by molar-refractivity contribution is 0.637. The predicted molar refractivity (Wildman–Crippen MR) is 73.5 cm³/mol. The number of aryl methyl sites for hydroxylation is 2. The van der Waals surface area contributed by atoms with E-state index in [9.17, 15) is 0 Å². The first-order valence-corrected chi connectivity index (χ1v) is 6.39. The zero-order valence-electron chi connectivity index (χ0n) is 12.0. The van der Waals surface area contributed by atoms with Crippen LogP contribution in [0.4, 0.5) is 5.82 Å². The second-order valence-electron chi connectivity index (χ2n) is 5.09. The van der Waals surface area contributed by atoms with Crippen LogP contribution in [-0.4, -0.2) is 28.9 Å². The zero-order chi connectivity index (χ0) is 13.2. The largest absolute Gasteiger partial charge is 0.357 e. The van der Waals surface area contributed by atoms with Crippen molar-refractivity contribution in [2.45, 2.75) is 52.6 Å². The second-order valence-corrected chi connectivity index (χ2v) is 5.09. The predicted octanol–water partition coefficient (Wildman–Crippen LogP) is 1.85. The molecule has 1 unspecified atom stereocenters. The molecule has 2 N–H and O–H groups in total. The van der Waals surface area contributed by atoms with E-state index in [-0.39, 0.29) is 6.04 Å². The van der Waals surface area contributed by atoms with Crippen molar-refractivity contribution in [1.82, 2.24) is 9.78 Å². The Kier molecular flexibility index (Phi) is 4.57. The highest BCUT2D eigenvalue weighted by Crippen LogP contribution is 2.25. The van der Waals surface area contributed by atoms with E-state index in [2.05, 4.69) is 44.7 Å². The lowest BCUT2D eigenvalue weighted by atomic mass is 10.0. The Hall–Kier alpha value is -1.03. The molecule has 4 nitrogen and oxygen atoms in total. The summed E-state index contributed by atoms with van der Waals surface area (Å²) in [7, 11) is 4.12. The number of rotatable bonds is 5. The van der Waals surface area contributed by atoms with Gasteiger partial charge in [0.1, 0.15) is 5.82 Å². The summed E-state index contributed by atoms with van der Waals surface area (Å²) in [4.78, 5) is 2.26. The summed E-state index contributed by atoms with van der Waals surface area (Å²) in [5.74, 6) is 1.20. The summed E-state index contributed by atoms with van der Waals surface area (Å²) in [6.45, 7) is 8.56. The topological polar surface area (TPSA) is 47.1 Å². The van der Waals surface area contributed by atoms with Crippen LogP contribution < -0.4 is 10.6 Å². The number of nitrogens with two attached hydrogens (primary N) is 1. The first kappa shape index (κ1) is 14.0. The molecule has 0 spiro atoms. The molecule has 17 heavy (non-hydrogen) atoms. The molecule has 1 aromatic rings. The van der Waals surface area contributed by atoms with Gasteiger partial charge in [0.2, 0.25) is 0 Å². The van der Waals surface area contributed by atoms with Crippen molar-refractivity contribution in [2.75, 3.05) is 11.9 Å². The molecule has 0 aliphatic rings. The van der Waals surface area contributed by atoms with Crippen LogP contribution in [0, 0.1) is 6.92 Å². The fourth-order valence-corrected chi connectivity index (χ4v) is 2.02. The Labute approximate surface area is 105 Å². The molecule has 0 fully saturated rings. The molecule has 0 bridgehead atoms. The maximum Gasteiger partial charge on any atom is 0.130 e. The molecule has 1 rings (SSSR count). The van der Waals surface area contributed by atoms with Crippen LogP contribution >= 0.6 is 0 Å². The van der Waals surface area contributed by atoms with Gasteiger partial charge in [-0.15, -0.1) is 0 Å². The minimum absolute atomic E-state index is 0.220. The van der Waals surface area contributed by atoms with E-state index in [0.717, 1.165) is 18.5 Å². The first-order chi connectivity index (χ1) is 7.88. The maximum absolute atomic E-state index is 6.07. The Morgan fingerprint density at radius 2 is 2.00 bits per heavy atom. The van der Waals surface area contributed by atoms with E-state index in [1.54, 1.807) is 0 Å². The minimum Gasteiger partial charge on any atom is -0.357 e. The molecule has 1 atom stereocenters. The molecule has 0 aliphatic carbocycles. The number of aromatic nitrogens is 2. The summed E-state index contributed by atoms with van der Waals surface area (Å²) >= 11 is 0. The van der Waals surface area contributed by atoms with Gasteiger partial charge in [0, 0.05) is 31.7 Å². The molecular weight excluding hydrogens is 212 g/mol. The Morgan fingerprint density at radius 3 is 2.47 bits per heavy atom. The van der Waals surface area contributed by atoms with E-state index >= 15 is 0 Å². The molecule has 0 saturated heterocycles. The van der Waals surface area contributed by atoms with Gasteiger partial charge in [0.05, 0.1) is 5.69 Å². The lowest BCUT2D eigenvalue weighted by Gasteiger charge is -2.25. The van der Waals surface area contributed by atoms with Gasteiger partial charge in [-0.1, -0.05) is 6.92 Å². The summed E-state index contributed by atoms with van der Waals surface area (Å²) in [6, 6.07) is 0.679. The Morgan fingerprint density at radius 1 is 1.41 bits per heavy atom. The molecule has 1 heterocycles. The number of hydrogen-bond donors (Lipinski definition) is 1. The van der Waals surface area contributed by atoms with Gasteiger partial charge >= 0.3 is 0 Å². The lowest BCUT2D eigenvalue weighted by Crippen LogP contribution is -2.30. The third kappa shape index (κ3) is 3.00. The average Bonchev–Trinajstić information content (AvgIpc) is 2.52. The summed E-state index contributed by atoms with van der Waals surface area (Å²) in [6.07, 6.45) is 1.90. The monoisotopic (exact) mass is 238 g/mol. The van der Waals surface area contributed by atoms with E-state index in [4.69, 9.17) is 5.73 Å². The molecule has 0 aliphatic heterocycles. The number of anilines is 1. The molecule has 1 aromatic heterocycles. The Bertz CT molecular complexity index is 368. The van der Waals surface area contributed by atoms with Gasteiger partial charge < -0.3 is 10.6 Å². The van der Waals surface area contributed by atoms with Crippen LogP contribution in [-0.2, 0) is 13.5 Å². The number of hydrogen-bond acceptors (Lipinski definition) is 3. The summed E-state index contributed by atoms with van der Waals surface area (Å²) < 4.78 is 1.97. The third-order valence-corrected chi connectivity index (χ3v) is 3.41. The van der Waals surface area contributed by atoms with Crippen LogP contribution in [0.2, 0.25) is 0 Å². The van der Waals surface area contributed by atoms with E-state index in [0.29, 0.717) is 6.04 Å². The highest BCUT2D eigenvalue weighted by molar-refractivity contribution is 5.50. The van der Waals surface area contributed by atoms with Gasteiger partial charge in [-0.2, -0.15) is 5.10 Å². The van der Waals surface area contributed by atoms with Crippen molar-refractivity contribution in [3.8, 4) is 0 Å². The normalized spacial score (nSPS) is 13.2. The third-order valence-electron chi connectivity index (χ3n) is 3.41. The van der Waals surface area contributed by atoms with Gasteiger partial charge in [-0.05, 0) is 33.6 Å². The zero-order valence-corrected chi connectivity index (χ0v) is 12.0. The fourth-order valence-electron chi connectivity index (χ4n) is 2.02. The standard InChI is InChI=1S/C13H26N4/c1-7-11(14)8-12-10(4)15-17(6)13(12)16(5)9(2)3/h9,11H,7-8,14H2,1-6H3. The van der Waals surface area contributed by atoms with Crippen LogP contribution in [0.15, 0.2) is 0 Å². The van der Waals surface area contributed by atoms with Gasteiger partial charge in [0.25, 0.3) is 0 Å². The van der Waals surface area contributed by atoms with Crippen molar-refractivity contribution in [2.24, 2.45) is 12.8 Å². The van der Waals surface area contributed by atoms with Crippen LogP contribution in [0.25, 0.3) is 0 Å². The van der Waals surface area contributed by atoms with Crippen molar-refractivity contribution in [3.05, 3.63) is 11.3 Å². The Balaban J connectivity index is 3.10. The second kappa shape index (κ2) is 5.54. The summed E-state index contributed by atoms with van der Waals surface area (Å²) in [5, 5.41) is 4.52. The van der Waals surface area contributed by atoms with Crippen molar-refractivity contribution < 1.29 is 0 Å². The fraction of sp³-hybridized carbons (Fsp3) is 0.769. The van der Waals surface area contributed by atoms with Crippen LogP contribution in [0.3, 0.4) is 0 Å². The van der Waals surface area contributed by atoms with Gasteiger partial charge in [0.15, 0.2) is 0 Å². The molecule has 0 saturated carbocycles. The van der Waals surface area contributed by atoms with Crippen molar-refractivity contribution in [1.29, 1.82) is 0 Å². The maximum atomic E-state index is 6.07. The van der Waals surface area contributed by atoms with E-state index < -0.39 is 0 Å². The smallest absolute Gasteiger partial charge is 0.130 e. The van der Waals surface area contributed by atoms with Gasteiger partial charge in [-0.25, -0.2) is 0 Å². The minimum atomic E-state index is 0.220. The SMILES string of the molecule is CCC(N)Cc1c(C)nn(C)c1N(C)C(C)C. The highest BCUT2D eigenvalue weighted by atomic mass is 15.4. The summed E-state index contributed by atoms with van der Waals surface area (Å²) in [5.41, 5.74) is 8.46. The van der Waals surface area contributed by atoms with Crippen LogP contribution in [0.1, 0.15) is 38.4 Å². The molecule has 0 radical (unpaired) electrons. The molecule has 4 heteroatoms. The highest BCUT2D eigenvalue weighted by Gasteiger charge is 2.19. The quantitative estimate of drug-likeness (QED) is 0.851. The van der Waals surface area contributed by atoms with Crippen molar-refractivity contribution >= 4 is 5.82 Å².